The summed E-state index contributed by atoms with van der Waals surface area (Å²) in [5, 5.41) is 3.81. The summed E-state index contributed by atoms with van der Waals surface area (Å²) in [5.41, 5.74) is 2.79. The molecule has 0 radical (unpaired) electrons. The van der Waals surface area contributed by atoms with Gasteiger partial charge in [0.15, 0.2) is 0 Å². The van der Waals surface area contributed by atoms with E-state index in [9.17, 15) is 0 Å². The first-order chi connectivity index (χ1) is 4.27. The smallest absolute Gasteiger partial charge is 0.146 e. The van der Waals surface area contributed by atoms with Crippen LogP contribution in [0.3, 0.4) is 0 Å². The van der Waals surface area contributed by atoms with Crippen molar-refractivity contribution in [1.82, 2.24) is 5.43 Å². The Hall–Kier alpha value is -0.500. The topological polar surface area (TPSA) is 24.4 Å². The molecule has 0 bridgehead atoms. The van der Waals surface area contributed by atoms with Gasteiger partial charge in [-0.15, -0.1) is 0 Å². The van der Waals surface area contributed by atoms with Gasteiger partial charge in [0.25, 0.3) is 0 Å². The maximum absolute atomic E-state index is 5.95. The summed E-state index contributed by atoms with van der Waals surface area (Å²) in [6, 6.07) is 0. The normalized spacial score (nSPS) is 32.2. The van der Waals surface area contributed by atoms with E-state index >= 15 is 0 Å². The Kier molecular flexibility index (Phi) is 1.76. The predicted molar refractivity (Wildman–Crippen MR) is 39.6 cm³/mol. The molecule has 1 aliphatic heterocycles. The lowest BCUT2D eigenvalue weighted by molar-refractivity contribution is 0.542. The van der Waals surface area contributed by atoms with Crippen LogP contribution in [0.4, 0.5) is 0 Å². The van der Waals surface area contributed by atoms with E-state index in [0.29, 0.717) is 0 Å². The minimum Gasteiger partial charge on any atom is -0.286 e. The van der Waals surface area contributed by atoms with Crippen LogP contribution < -0.4 is 5.43 Å². The third-order valence-electron chi connectivity index (χ3n) is 1.29. The molecule has 0 saturated carbocycles. The fourth-order valence-electron chi connectivity index (χ4n) is 0.617. The summed E-state index contributed by atoms with van der Waals surface area (Å²) in [5.74, 6) is 0. The van der Waals surface area contributed by atoms with Crippen molar-refractivity contribution in [1.29, 1.82) is 0 Å². The molecule has 0 fully saturated rings. The van der Waals surface area contributed by atoms with Gasteiger partial charge in [-0.3, -0.25) is 5.43 Å². The largest absolute Gasteiger partial charge is 0.286 e. The lowest BCUT2D eigenvalue weighted by atomic mass is 10.2. The van der Waals surface area contributed by atoms with Crippen molar-refractivity contribution in [2.45, 2.75) is 18.3 Å². The van der Waals surface area contributed by atoms with Crippen molar-refractivity contribution in [2.75, 3.05) is 0 Å². The average Bonchev–Trinajstić information content (AvgIpc) is 1.90. The molecule has 1 N–H and O–H groups in total. The first kappa shape index (κ1) is 6.62. The number of hydrogen-bond donors (Lipinski definition) is 1. The van der Waals surface area contributed by atoms with Gasteiger partial charge in [0.1, 0.15) is 5.00 Å². The van der Waals surface area contributed by atoms with E-state index in [2.05, 4.69) is 10.5 Å². The van der Waals surface area contributed by atoms with Gasteiger partial charge in [-0.1, -0.05) is 18.5 Å². The summed E-state index contributed by atoms with van der Waals surface area (Å²) >= 11 is 5.95. The van der Waals surface area contributed by atoms with E-state index in [0.717, 1.165) is 6.42 Å². The van der Waals surface area contributed by atoms with Crippen LogP contribution in [0, 0.1) is 0 Å². The number of hydrogen-bond acceptors (Lipinski definition) is 2. The highest BCUT2D eigenvalue weighted by Crippen LogP contribution is 2.18. The Morgan fingerprint density at radius 1 is 1.78 bits per heavy atom. The standard InChI is InChI=1S/C6H9ClN2/c1-2-6(7)4-3-5-8-9-6/h3-5,9H,2H2,1H3. The van der Waals surface area contributed by atoms with Gasteiger partial charge >= 0.3 is 0 Å². The number of allylic oxidation sites excluding steroid dienone is 1. The van der Waals surface area contributed by atoms with E-state index in [-0.39, 0.29) is 0 Å². The van der Waals surface area contributed by atoms with Crippen LogP contribution in [0.15, 0.2) is 17.3 Å². The highest BCUT2D eigenvalue weighted by molar-refractivity contribution is 6.25. The molecule has 0 aromatic heterocycles. The maximum Gasteiger partial charge on any atom is 0.146 e. The predicted octanol–water partition coefficient (Wildman–Crippen LogP) is 1.48. The molecule has 0 spiro atoms. The summed E-state index contributed by atoms with van der Waals surface area (Å²) in [6.07, 6.45) is 6.24. The third-order valence-corrected chi connectivity index (χ3v) is 1.76. The van der Waals surface area contributed by atoms with Crippen LogP contribution in [-0.4, -0.2) is 11.2 Å². The van der Waals surface area contributed by atoms with E-state index in [4.69, 9.17) is 11.6 Å². The fourth-order valence-corrected chi connectivity index (χ4v) is 0.739. The van der Waals surface area contributed by atoms with Crippen LogP contribution in [0.5, 0.6) is 0 Å². The number of alkyl halides is 1. The zero-order valence-electron chi connectivity index (χ0n) is 5.26. The van der Waals surface area contributed by atoms with Crippen LogP contribution in [0.25, 0.3) is 0 Å². The number of hydrazone groups is 1. The lowest BCUT2D eigenvalue weighted by Gasteiger charge is -2.22. The molecule has 0 aromatic rings. The molecule has 1 heterocycles. The number of rotatable bonds is 1. The van der Waals surface area contributed by atoms with Gasteiger partial charge in [-0.25, -0.2) is 0 Å². The molecule has 0 amide bonds. The zero-order valence-corrected chi connectivity index (χ0v) is 6.02. The van der Waals surface area contributed by atoms with Crippen molar-refractivity contribution in [2.24, 2.45) is 5.10 Å². The first-order valence-corrected chi connectivity index (χ1v) is 3.31. The van der Waals surface area contributed by atoms with Crippen molar-refractivity contribution >= 4 is 17.8 Å². The molecular formula is C6H9ClN2. The van der Waals surface area contributed by atoms with E-state index in [1.54, 1.807) is 6.21 Å². The molecule has 1 aliphatic rings. The highest BCUT2D eigenvalue weighted by Gasteiger charge is 2.20. The van der Waals surface area contributed by atoms with Gasteiger partial charge in [-0.05, 0) is 18.6 Å². The Bertz CT molecular complexity index is 153. The number of nitrogens with zero attached hydrogens (tertiary/aromatic N) is 1. The quantitative estimate of drug-likeness (QED) is 0.438. The zero-order chi connectivity index (χ0) is 6.74. The molecule has 50 valence electrons. The van der Waals surface area contributed by atoms with Crippen LogP contribution >= 0.6 is 11.6 Å². The molecule has 2 nitrogen and oxygen atoms in total. The van der Waals surface area contributed by atoms with E-state index < -0.39 is 5.00 Å². The average molecular weight is 145 g/mol. The first-order valence-electron chi connectivity index (χ1n) is 2.94. The van der Waals surface area contributed by atoms with Gasteiger partial charge in [-0.2, -0.15) is 5.10 Å². The van der Waals surface area contributed by atoms with E-state index in [1.807, 2.05) is 19.1 Å². The second-order valence-corrected chi connectivity index (χ2v) is 2.64. The Labute approximate surface area is 59.6 Å². The highest BCUT2D eigenvalue weighted by atomic mass is 35.5. The van der Waals surface area contributed by atoms with E-state index in [1.165, 1.54) is 0 Å². The van der Waals surface area contributed by atoms with Gasteiger partial charge in [0.05, 0.1) is 0 Å². The molecule has 0 saturated heterocycles. The molecule has 9 heavy (non-hydrogen) atoms. The summed E-state index contributed by atoms with van der Waals surface area (Å²) in [4.78, 5) is -0.436. The minimum atomic E-state index is -0.436. The monoisotopic (exact) mass is 144 g/mol. The minimum absolute atomic E-state index is 0.436. The number of halogens is 1. The van der Waals surface area contributed by atoms with Gasteiger partial charge in [0, 0.05) is 6.21 Å². The van der Waals surface area contributed by atoms with Crippen LogP contribution in [-0.2, 0) is 0 Å². The second-order valence-electron chi connectivity index (χ2n) is 1.97. The van der Waals surface area contributed by atoms with Crippen LogP contribution in [0.2, 0.25) is 0 Å². The lowest BCUT2D eigenvalue weighted by Crippen LogP contribution is -2.34. The Morgan fingerprint density at radius 3 is 2.89 bits per heavy atom. The van der Waals surface area contributed by atoms with Crippen molar-refractivity contribution in [3.8, 4) is 0 Å². The van der Waals surface area contributed by atoms with Crippen molar-refractivity contribution < 1.29 is 0 Å². The summed E-state index contributed by atoms with van der Waals surface area (Å²) < 4.78 is 0. The Balaban J connectivity index is 2.63. The fraction of sp³-hybridized carbons (Fsp3) is 0.500. The summed E-state index contributed by atoms with van der Waals surface area (Å²) in [6.45, 7) is 2.01. The molecule has 1 unspecified atom stereocenters. The maximum atomic E-state index is 5.95. The molecule has 1 rings (SSSR count). The molecule has 1 atom stereocenters. The molecular weight excluding hydrogens is 136 g/mol. The van der Waals surface area contributed by atoms with Gasteiger partial charge < -0.3 is 0 Å². The SMILES string of the molecule is CCC1(Cl)C=CC=NN1. The number of nitrogens with one attached hydrogen (secondary N) is 1. The van der Waals surface area contributed by atoms with Crippen molar-refractivity contribution in [3.63, 3.8) is 0 Å². The molecule has 3 heteroatoms. The van der Waals surface area contributed by atoms with Crippen molar-refractivity contribution in [3.05, 3.63) is 12.2 Å². The molecule has 0 aromatic carbocycles. The second kappa shape index (κ2) is 2.40. The van der Waals surface area contributed by atoms with Crippen LogP contribution in [0.1, 0.15) is 13.3 Å². The summed E-state index contributed by atoms with van der Waals surface area (Å²) in [7, 11) is 0. The molecule has 0 aliphatic carbocycles. The Morgan fingerprint density at radius 2 is 2.56 bits per heavy atom. The third kappa shape index (κ3) is 1.45. The van der Waals surface area contributed by atoms with Gasteiger partial charge in [0.2, 0.25) is 0 Å².